The Bertz CT molecular complexity index is 267. The van der Waals surface area contributed by atoms with Crippen LogP contribution in [0.2, 0.25) is 0 Å². The van der Waals surface area contributed by atoms with E-state index in [0.717, 1.165) is 12.6 Å². The van der Waals surface area contributed by atoms with Crippen molar-refractivity contribution in [2.75, 3.05) is 31.6 Å². The van der Waals surface area contributed by atoms with E-state index in [9.17, 15) is 4.79 Å². The first kappa shape index (κ1) is 14.2. The summed E-state index contributed by atoms with van der Waals surface area (Å²) in [5.41, 5.74) is 0. The van der Waals surface area contributed by atoms with Crippen molar-refractivity contribution in [1.82, 2.24) is 10.2 Å². The molecular weight excluding hydrogens is 244 g/mol. The number of carbonyl (C=O) groups is 1. The molecule has 1 saturated heterocycles. The minimum Gasteiger partial charge on any atom is -0.355 e. The van der Waals surface area contributed by atoms with Gasteiger partial charge in [-0.1, -0.05) is 19.3 Å². The Labute approximate surface area is 115 Å². The van der Waals surface area contributed by atoms with Crippen molar-refractivity contribution in [2.45, 2.75) is 44.6 Å². The molecule has 1 N–H and O–H groups in total. The lowest BCUT2D eigenvalue weighted by atomic mass is 9.94. The molecule has 0 aromatic rings. The van der Waals surface area contributed by atoms with Crippen LogP contribution in [0.1, 0.15) is 38.5 Å². The average molecular weight is 270 g/mol. The number of thioether (sulfide) groups is 1. The second-order valence-corrected chi connectivity index (χ2v) is 6.54. The fraction of sp³-hybridized carbons (Fsp3) is 0.929. The molecule has 0 aromatic carbocycles. The number of likely N-dealkylation sites (tertiary alicyclic amines) is 1. The Morgan fingerprint density at radius 2 is 2.06 bits per heavy atom. The predicted molar refractivity (Wildman–Crippen MR) is 77.9 cm³/mol. The van der Waals surface area contributed by atoms with Crippen LogP contribution >= 0.6 is 11.8 Å². The van der Waals surface area contributed by atoms with Gasteiger partial charge in [0, 0.05) is 19.1 Å². The van der Waals surface area contributed by atoms with E-state index in [1.165, 1.54) is 51.6 Å². The first-order valence-corrected chi connectivity index (χ1v) is 8.68. The van der Waals surface area contributed by atoms with E-state index in [1.54, 1.807) is 11.8 Å². The second kappa shape index (κ2) is 7.39. The fourth-order valence-corrected chi connectivity index (χ4v) is 3.61. The largest absolute Gasteiger partial charge is 0.355 e. The highest BCUT2D eigenvalue weighted by atomic mass is 32.2. The third kappa shape index (κ3) is 4.16. The minimum absolute atomic E-state index is 0.193. The topological polar surface area (TPSA) is 32.3 Å². The van der Waals surface area contributed by atoms with Crippen LogP contribution < -0.4 is 5.32 Å². The van der Waals surface area contributed by atoms with Gasteiger partial charge in [0.25, 0.3) is 0 Å². The maximum absolute atomic E-state index is 11.4. The van der Waals surface area contributed by atoms with Crippen LogP contribution in [0.3, 0.4) is 0 Å². The molecule has 1 aliphatic carbocycles. The van der Waals surface area contributed by atoms with Crippen LogP contribution in [-0.4, -0.2) is 48.5 Å². The van der Waals surface area contributed by atoms with Crippen molar-refractivity contribution in [3.63, 3.8) is 0 Å². The third-order valence-electron chi connectivity index (χ3n) is 4.27. The third-order valence-corrected chi connectivity index (χ3v) is 4.82. The van der Waals surface area contributed by atoms with Crippen LogP contribution in [0.4, 0.5) is 0 Å². The van der Waals surface area contributed by atoms with Gasteiger partial charge >= 0.3 is 0 Å². The molecule has 0 radical (unpaired) electrons. The van der Waals surface area contributed by atoms with Crippen LogP contribution in [0.25, 0.3) is 0 Å². The van der Waals surface area contributed by atoms with Gasteiger partial charge in [0.05, 0.1) is 5.75 Å². The van der Waals surface area contributed by atoms with Crippen molar-refractivity contribution >= 4 is 17.7 Å². The molecule has 1 aliphatic heterocycles. The molecular formula is C14H26N2OS. The molecule has 2 fully saturated rings. The number of hydrogen-bond acceptors (Lipinski definition) is 3. The maximum Gasteiger partial charge on any atom is 0.229 e. The molecule has 0 spiro atoms. The number of amides is 1. The highest BCUT2D eigenvalue weighted by Crippen LogP contribution is 2.27. The molecule has 2 rings (SSSR count). The van der Waals surface area contributed by atoms with Crippen LogP contribution in [0.15, 0.2) is 0 Å². The smallest absolute Gasteiger partial charge is 0.229 e. The molecule has 1 amide bonds. The summed E-state index contributed by atoms with van der Waals surface area (Å²) in [6.45, 7) is 3.32. The zero-order valence-electron chi connectivity index (χ0n) is 11.5. The molecule has 1 saturated carbocycles. The van der Waals surface area contributed by atoms with Crippen LogP contribution in [0.5, 0.6) is 0 Å². The van der Waals surface area contributed by atoms with E-state index in [-0.39, 0.29) is 5.91 Å². The van der Waals surface area contributed by atoms with Gasteiger partial charge < -0.3 is 10.2 Å². The number of nitrogens with one attached hydrogen (secondary N) is 1. The summed E-state index contributed by atoms with van der Waals surface area (Å²) in [5, 5.41) is 3.06. The normalized spacial score (nSPS) is 26.4. The Balaban J connectivity index is 1.66. The van der Waals surface area contributed by atoms with E-state index in [2.05, 4.69) is 10.2 Å². The molecule has 4 heteroatoms. The maximum atomic E-state index is 11.4. The molecule has 18 heavy (non-hydrogen) atoms. The Kier molecular flexibility index (Phi) is 5.83. The van der Waals surface area contributed by atoms with E-state index >= 15 is 0 Å². The fourth-order valence-electron chi connectivity index (χ4n) is 3.25. The number of carbonyl (C=O) groups excluding carboxylic acids is 1. The molecule has 0 bridgehead atoms. The van der Waals surface area contributed by atoms with E-state index in [4.69, 9.17) is 0 Å². The highest BCUT2D eigenvalue weighted by molar-refractivity contribution is 7.99. The minimum atomic E-state index is 0.193. The standard InChI is InChI=1S/C14H26N2OS/c1-18-11-14(17)15-9-12-7-8-16(10-12)13-5-3-2-4-6-13/h12-13H,2-11H2,1H3,(H,15,17)/t12-/m0/s1. The first-order chi connectivity index (χ1) is 8.79. The molecule has 1 atom stereocenters. The zero-order valence-corrected chi connectivity index (χ0v) is 12.3. The van der Waals surface area contributed by atoms with Crippen molar-refractivity contribution in [3.05, 3.63) is 0 Å². The SMILES string of the molecule is CSCC(=O)NC[C@@H]1CCN(C2CCCCC2)C1. The number of rotatable bonds is 5. The van der Waals surface area contributed by atoms with E-state index < -0.39 is 0 Å². The van der Waals surface area contributed by atoms with Gasteiger partial charge in [-0.15, -0.1) is 0 Å². The highest BCUT2D eigenvalue weighted by Gasteiger charge is 2.28. The Morgan fingerprint density at radius 3 is 2.78 bits per heavy atom. The summed E-state index contributed by atoms with van der Waals surface area (Å²) in [4.78, 5) is 14.1. The molecule has 2 aliphatic rings. The monoisotopic (exact) mass is 270 g/mol. The molecule has 104 valence electrons. The lowest BCUT2D eigenvalue weighted by Crippen LogP contribution is -2.36. The van der Waals surface area contributed by atoms with Gasteiger partial charge in [-0.25, -0.2) is 0 Å². The van der Waals surface area contributed by atoms with Gasteiger partial charge in [0.1, 0.15) is 0 Å². The van der Waals surface area contributed by atoms with Crippen LogP contribution in [0, 0.1) is 5.92 Å². The molecule has 0 unspecified atom stereocenters. The van der Waals surface area contributed by atoms with E-state index in [1.807, 2.05) is 6.26 Å². The van der Waals surface area contributed by atoms with Gasteiger partial charge in [0.2, 0.25) is 5.91 Å². The van der Waals surface area contributed by atoms with E-state index in [0.29, 0.717) is 11.7 Å². The number of hydrogen-bond donors (Lipinski definition) is 1. The summed E-state index contributed by atoms with van der Waals surface area (Å²) >= 11 is 1.59. The van der Waals surface area contributed by atoms with Crippen molar-refractivity contribution in [3.8, 4) is 0 Å². The summed E-state index contributed by atoms with van der Waals surface area (Å²) in [7, 11) is 0. The summed E-state index contributed by atoms with van der Waals surface area (Å²) in [5.74, 6) is 1.47. The van der Waals surface area contributed by atoms with Crippen molar-refractivity contribution < 1.29 is 4.79 Å². The lowest BCUT2D eigenvalue weighted by Gasteiger charge is -2.31. The van der Waals surface area contributed by atoms with Gasteiger partial charge in [-0.3, -0.25) is 4.79 Å². The van der Waals surface area contributed by atoms with Gasteiger partial charge in [0.15, 0.2) is 0 Å². The van der Waals surface area contributed by atoms with Crippen LogP contribution in [-0.2, 0) is 4.79 Å². The summed E-state index contributed by atoms with van der Waals surface area (Å²) in [6, 6.07) is 0.839. The average Bonchev–Trinajstić information content (AvgIpc) is 2.87. The van der Waals surface area contributed by atoms with Gasteiger partial charge in [-0.05, 0) is 38.0 Å². The van der Waals surface area contributed by atoms with Crippen molar-refractivity contribution in [2.24, 2.45) is 5.92 Å². The zero-order chi connectivity index (χ0) is 12.8. The summed E-state index contributed by atoms with van der Waals surface area (Å²) < 4.78 is 0. The van der Waals surface area contributed by atoms with Gasteiger partial charge in [-0.2, -0.15) is 11.8 Å². The quantitative estimate of drug-likeness (QED) is 0.830. The number of nitrogens with zero attached hydrogens (tertiary/aromatic N) is 1. The Morgan fingerprint density at radius 1 is 1.28 bits per heavy atom. The molecule has 1 heterocycles. The molecule has 3 nitrogen and oxygen atoms in total. The predicted octanol–water partition coefficient (Wildman–Crippen LogP) is 2.12. The molecule has 0 aromatic heterocycles. The second-order valence-electron chi connectivity index (χ2n) is 5.68. The van der Waals surface area contributed by atoms with Crippen molar-refractivity contribution in [1.29, 1.82) is 0 Å². The Hall–Kier alpha value is -0.220. The lowest BCUT2D eigenvalue weighted by molar-refractivity contribution is -0.118. The first-order valence-electron chi connectivity index (χ1n) is 7.29. The summed E-state index contributed by atoms with van der Waals surface area (Å²) in [6.07, 6.45) is 10.3.